The van der Waals surface area contributed by atoms with E-state index in [1.165, 1.54) is 16.8 Å². The zero-order valence-electron chi connectivity index (χ0n) is 16.6. The average molecular weight is 350 g/mol. The number of carbonyl (C=O) groups is 1. The second kappa shape index (κ2) is 7.65. The molecule has 0 radical (unpaired) electrons. The number of rotatable bonds is 4. The highest BCUT2D eigenvalue weighted by Crippen LogP contribution is 2.35. The molecule has 2 heteroatoms. The highest BCUT2D eigenvalue weighted by atomic mass is 16.1. The van der Waals surface area contributed by atoms with Gasteiger partial charge in [0, 0.05) is 31.1 Å². The number of nitrogens with zero attached hydrogens (tertiary/aromatic N) is 1. The molecule has 2 aromatic carbocycles. The van der Waals surface area contributed by atoms with Gasteiger partial charge in [-0.05, 0) is 47.9 Å². The highest BCUT2D eigenvalue weighted by Gasteiger charge is 2.28. The molecule has 0 aromatic heterocycles. The first-order valence-electron chi connectivity index (χ1n) is 9.77. The van der Waals surface area contributed by atoms with Crippen LogP contribution in [0.15, 0.2) is 48.5 Å². The van der Waals surface area contributed by atoms with E-state index in [-0.39, 0.29) is 11.3 Å². The van der Waals surface area contributed by atoms with Crippen LogP contribution >= 0.6 is 0 Å². The molecule has 0 unspecified atom stereocenters. The van der Waals surface area contributed by atoms with E-state index in [1.807, 2.05) is 18.2 Å². The number of benzene rings is 2. The second-order valence-corrected chi connectivity index (χ2v) is 8.66. The molecule has 0 amide bonds. The van der Waals surface area contributed by atoms with Crippen molar-refractivity contribution < 1.29 is 4.79 Å². The van der Waals surface area contributed by atoms with Gasteiger partial charge in [0.1, 0.15) is 5.78 Å². The van der Waals surface area contributed by atoms with E-state index in [1.54, 1.807) is 0 Å². The molecular weight excluding hydrogens is 318 g/mol. The van der Waals surface area contributed by atoms with E-state index in [9.17, 15) is 4.79 Å². The van der Waals surface area contributed by atoms with Crippen molar-refractivity contribution in [2.45, 2.75) is 52.4 Å². The average Bonchev–Trinajstić information content (AvgIpc) is 2.61. The van der Waals surface area contributed by atoms with Crippen LogP contribution in [0.4, 0.5) is 5.69 Å². The first kappa shape index (κ1) is 18.7. The van der Waals surface area contributed by atoms with E-state index < -0.39 is 0 Å². The summed E-state index contributed by atoms with van der Waals surface area (Å²) in [6.45, 7) is 10.9. The van der Waals surface area contributed by atoms with Crippen LogP contribution in [0.25, 0.3) is 0 Å². The molecule has 3 rings (SSSR count). The van der Waals surface area contributed by atoms with Crippen LogP contribution in [0.2, 0.25) is 0 Å². The van der Waals surface area contributed by atoms with Crippen LogP contribution in [-0.4, -0.2) is 18.9 Å². The number of piperidine rings is 1. The lowest BCUT2D eigenvalue weighted by atomic mass is 9.83. The van der Waals surface area contributed by atoms with Crippen LogP contribution < -0.4 is 4.90 Å². The third-order valence-electron chi connectivity index (χ3n) is 5.47. The lowest BCUT2D eigenvalue weighted by molar-refractivity contribution is -0.122. The zero-order valence-corrected chi connectivity index (χ0v) is 16.6. The largest absolute Gasteiger partial charge is 0.371 e. The number of aryl methyl sites for hydroxylation is 1. The summed E-state index contributed by atoms with van der Waals surface area (Å²) in [6, 6.07) is 16.9. The van der Waals surface area contributed by atoms with Crippen molar-refractivity contribution in [2.24, 2.45) is 5.92 Å². The van der Waals surface area contributed by atoms with Crippen molar-refractivity contribution in [3.63, 3.8) is 0 Å². The van der Waals surface area contributed by atoms with Gasteiger partial charge in [-0.2, -0.15) is 0 Å². The SMILES string of the molecule is Cc1ccc(C(C)(C)C)c(N2CCC(C(=O)Cc3ccccc3)CC2)c1. The molecule has 138 valence electrons. The van der Waals surface area contributed by atoms with Gasteiger partial charge in [0.2, 0.25) is 0 Å². The summed E-state index contributed by atoms with van der Waals surface area (Å²) in [5.41, 5.74) is 5.32. The fraction of sp³-hybridized carbons (Fsp3) is 0.458. The first-order valence-corrected chi connectivity index (χ1v) is 9.77. The highest BCUT2D eigenvalue weighted by molar-refractivity contribution is 5.83. The summed E-state index contributed by atoms with van der Waals surface area (Å²) < 4.78 is 0. The quantitative estimate of drug-likeness (QED) is 0.744. The number of ketones is 1. The van der Waals surface area contributed by atoms with Gasteiger partial charge < -0.3 is 4.90 Å². The lowest BCUT2D eigenvalue weighted by Crippen LogP contribution is -2.38. The summed E-state index contributed by atoms with van der Waals surface area (Å²) in [5.74, 6) is 0.602. The van der Waals surface area contributed by atoms with Crippen molar-refractivity contribution >= 4 is 11.5 Å². The summed E-state index contributed by atoms with van der Waals surface area (Å²) in [6.07, 6.45) is 2.50. The van der Waals surface area contributed by atoms with Crippen LogP contribution in [-0.2, 0) is 16.6 Å². The Morgan fingerprint density at radius 2 is 1.69 bits per heavy atom. The normalized spacial score (nSPS) is 15.9. The van der Waals surface area contributed by atoms with Gasteiger partial charge >= 0.3 is 0 Å². The number of hydrogen-bond donors (Lipinski definition) is 0. The molecule has 2 aromatic rings. The number of carbonyl (C=O) groups excluding carboxylic acids is 1. The topological polar surface area (TPSA) is 20.3 Å². The van der Waals surface area contributed by atoms with Gasteiger partial charge in [-0.1, -0.05) is 63.2 Å². The third-order valence-corrected chi connectivity index (χ3v) is 5.47. The molecule has 26 heavy (non-hydrogen) atoms. The summed E-state index contributed by atoms with van der Waals surface area (Å²) in [4.78, 5) is 15.2. The van der Waals surface area contributed by atoms with Crippen LogP contribution in [0.5, 0.6) is 0 Å². The predicted molar refractivity (Wildman–Crippen MR) is 110 cm³/mol. The monoisotopic (exact) mass is 349 g/mol. The van der Waals surface area contributed by atoms with E-state index in [2.05, 4.69) is 62.9 Å². The Morgan fingerprint density at radius 1 is 1.04 bits per heavy atom. The minimum atomic E-state index is 0.128. The molecule has 0 saturated carbocycles. The number of anilines is 1. The number of hydrogen-bond acceptors (Lipinski definition) is 2. The molecule has 1 fully saturated rings. The van der Waals surface area contributed by atoms with Gasteiger partial charge in [0.15, 0.2) is 0 Å². The van der Waals surface area contributed by atoms with Gasteiger partial charge in [-0.25, -0.2) is 0 Å². The van der Waals surface area contributed by atoms with Crippen molar-refractivity contribution in [1.29, 1.82) is 0 Å². The first-order chi connectivity index (χ1) is 12.3. The van der Waals surface area contributed by atoms with Gasteiger partial charge in [-0.15, -0.1) is 0 Å². The molecular formula is C24H31NO. The maximum atomic E-state index is 12.7. The molecule has 0 atom stereocenters. The Bertz CT molecular complexity index is 750. The minimum absolute atomic E-state index is 0.128. The predicted octanol–water partition coefficient (Wildman–Crippen LogP) is 5.32. The van der Waals surface area contributed by atoms with Crippen LogP contribution in [0.3, 0.4) is 0 Å². The molecule has 1 aliphatic heterocycles. The molecule has 0 bridgehead atoms. The summed E-state index contributed by atoms with van der Waals surface area (Å²) >= 11 is 0. The van der Waals surface area contributed by atoms with Gasteiger partial charge in [0.25, 0.3) is 0 Å². The van der Waals surface area contributed by atoms with E-state index in [4.69, 9.17) is 0 Å². The molecule has 1 aliphatic rings. The molecule has 2 nitrogen and oxygen atoms in total. The van der Waals surface area contributed by atoms with Gasteiger partial charge in [0.05, 0.1) is 0 Å². The Labute approximate surface area is 158 Å². The van der Waals surface area contributed by atoms with Crippen LogP contribution in [0.1, 0.15) is 50.3 Å². The summed E-state index contributed by atoms with van der Waals surface area (Å²) in [7, 11) is 0. The Hall–Kier alpha value is -2.09. The van der Waals surface area contributed by atoms with Crippen LogP contribution in [0, 0.1) is 12.8 Å². The van der Waals surface area contributed by atoms with Crippen molar-refractivity contribution in [2.75, 3.05) is 18.0 Å². The molecule has 0 N–H and O–H groups in total. The third kappa shape index (κ3) is 4.35. The van der Waals surface area contributed by atoms with Crippen molar-refractivity contribution in [3.05, 3.63) is 65.2 Å². The number of Topliss-reactive ketones (excluding diaryl/α,β-unsaturated/α-hetero) is 1. The second-order valence-electron chi connectivity index (χ2n) is 8.66. The van der Waals surface area contributed by atoms with Crippen molar-refractivity contribution in [1.82, 2.24) is 0 Å². The zero-order chi connectivity index (χ0) is 18.7. The molecule has 1 saturated heterocycles. The smallest absolute Gasteiger partial charge is 0.140 e. The van der Waals surface area contributed by atoms with Crippen molar-refractivity contribution in [3.8, 4) is 0 Å². The molecule has 0 spiro atoms. The lowest BCUT2D eigenvalue weighted by Gasteiger charge is -2.36. The summed E-state index contributed by atoms with van der Waals surface area (Å²) in [5, 5.41) is 0. The van der Waals surface area contributed by atoms with E-state index in [0.717, 1.165) is 31.5 Å². The minimum Gasteiger partial charge on any atom is -0.371 e. The maximum Gasteiger partial charge on any atom is 0.140 e. The van der Waals surface area contributed by atoms with E-state index in [0.29, 0.717) is 12.2 Å². The Balaban J connectivity index is 1.67. The molecule has 0 aliphatic carbocycles. The molecule has 1 heterocycles. The Morgan fingerprint density at radius 3 is 2.31 bits per heavy atom. The van der Waals surface area contributed by atoms with E-state index >= 15 is 0 Å². The maximum absolute atomic E-state index is 12.7. The Kier molecular flexibility index (Phi) is 5.50. The fourth-order valence-corrected chi connectivity index (χ4v) is 3.92. The standard InChI is InChI=1S/C24H31NO/c1-18-10-11-21(24(2,3)4)22(16-18)25-14-12-20(13-15-25)23(26)17-19-8-6-5-7-9-19/h5-11,16,20H,12-15,17H2,1-4H3. The fourth-order valence-electron chi connectivity index (χ4n) is 3.92. The van der Waals surface area contributed by atoms with Gasteiger partial charge in [-0.3, -0.25) is 4.79 Å².